The number of carbonyl (C=O) groups is 1. The van der Waals surface area contributed by atoms with Crippen molar-refractivity contribution < 1.29 is 14.6 Å². The van der Waals surface area contributed by atoms with E-state index >= 15 is 0 Å². The van der Waals surface area contributed by atoms with Crippen LogP contribution in [-0.4, -0.2) is 17.2 Å². The van der Waals surface area contributed by atoms with Gasteiger partial charge in [0.05, 0.1) is 0 Å². The average Bonchev–Trinajstić information content (AvgIpc) is 2.45. The van der Waals surface area contributed by atoms with Crippen LogP contribution in [0, 0.1) is 5.41 Å². The Hall–Kier alpha value is -1.77. The van der Waals surface area contributed by atoms with Gasteiger partial charge in [-0.2, -0.15) is 0 Å². The van der Waals surface area contributed by atoms with Gasteiger partial charge in [-0.25, -0.2) is 4.79 Å². The molecule has 108 valence electrons. The van der Waals surface area contributed by atoms with Crippen LogP contribution >= 0.6 is 0 Å². The summed E-state index contributed by atoms with van der Waals surface area (Å²) >= 11 is 0. The molecule has 0 amide bonds. The maximum atomic E-state index is 11.6. The molecule has 1 fully saturated rings. The summed E-state index contributed by atoms with van der Waals surface area (Å²) in [5.74, 6) is -0.267. The van der Waals surface area contributed by atoms with Gasteiger partial charge in [0.1, 0.15) is 5.75 Å². The van der Waals surface area contributed by atoms with E-state index < -0.39 is 12.1 Å². The van der Waals surface area contributed by atoms with E-state index in [-0.39, 0.29) is 5.41 Å². The number of hydrogen-bond acceptors (Lipinski definition) is 2. The summed E-state index contributed by atoms with van der Waals surface area (Å²) in [5, 5.41) is 9.51. The van der Waals surface area contributed by atoms with Crippen molar-refractivity contribution >= 4 is 12.0 Å². The molecular formula is C17H22O3. The van der Waals surface area contributed by atoms with Gasteiger partial charge >= 0.3 is 5.97 Å². The normalized spacial score (nSPS) is 19.1. The fourth-order valence-electron chi connectivity index (χ4n) is 2.93. The van der Waals surface area contributed by atoms with Gasteiger partial charge in [0.2, 0.25) is 6.10 Å². The second kappa shape index (κ2) is 6.12. The van der Waals surface area contributed by atoms with Gasteiger partial charge in [-0.15, -0.1) is 0 Å². The van der Waals surface area contributed by atoms with Crippen LogP contribution in [0.5, 0.6) is 5.75 Å². The molecule has 0 heterocycles. The van der Waals surface area contributed by atoms with E-state index in [1.54, 1.807) is 18.2 Å². The summed E-state index contributed by atoms with van der Waals surface area (Å²) in [6.45, 7) is 5.73. The van der Waals surface area contributed by atoms with Gasteiger partial charge in [-0.05, 0) is 30.5 Å². The molecule has 1 aliphatic rings. The maximum Gasteiger partial charge on any atom is 0.345 e. The van der Waals surface area contributed by atoms with Crippen molar-refractivity contribution in [2.45, 2.75) is 45.1 Å². The molecule has 2 rings (SSSR count). The van der Waals surface area contributed by atoms with Crippen molar-refractivity contribution in [2.75, 3.05) is 0 Å². The average molecular weight is 274 g/mol. The third-order valence-corrected chi connectivity index (χ3v) is 4.22. The second-order valence-electron chi connectivity index (χ2n) is 5.82. The minimum Gasteiger partial charge on any atom is -0.478 e. The van der Waals surface area contributed by atoms with Crippen LogP contribution < -0.4 is 4.74 Å². The standard InChI is InChI=1S/C17H22O3/c1-3-13-7-9-14(10-8-13)20-15(16(18)19)17(2)11-5-4-6-12-17/h3,7-10,15H,1,4-6,11-12H2,2H3,(H,18,19). The van der Waals surface area contributed by atoms with E-state index in [1.165, 1.54) is 6.42 Å². The Bertz CT molecular complexity index is 470. The van der Waals surface area contributed by atoms with Crippen LogP contribution in [-0.2, 0) is 4.79 Å². The molecule has 1 N–H and O–H groups in total. The molecule has 1 aliphatic carbocycles. The summed E-state index contributed by atoms with van der Waals surface area (Å²) < 4.78 is 5.78. The van der Waals surface area contributed by atoms with Crippen LogP contribution in [0.15, 0.2) is 30.8 Å². The minimum atomic E-state index is -0.873. The number of ether oxygens (including phenoxy) is 1. The van der Waals surface area contributed by atoms with Crippen molar-refractivity contribution in [3.63, 3.8) is 0 Å². The first kappa shape index (κ1) is 14.6. The van der Waals surface area contributed by atoms with Crippen molar-refractivity contribution in [1.82, 2.24) is 0 Å². The highest BCUT2D eigenvalue weighted by molar-refractivity contribution is 5.74. The first-order valence-electron chi connectivity index (χ1n) is 7.17. The van der Waals surface area contributed by atoms with Crippen LogP contribution in [0.2, 0.25) is 0 Å². The monoisotopic (exact) mass is 274 g/mol. The lowest BCUT2D eigenvalue weighted by molar-refractivity contribution is -0.152. The lowest BCUT2D eigenvalue weighted by Gasteiger charge is -2.38. The van der Waals surface area contributed by atoms with Gasteiger partial charge in [0.25, 0.3) is 0 Å². The zero-order valence-corrected chi connectivity index (χ0v) is 12.0. The van der Waals surface area contributed by atoms with Crippen LogP contribution in [0.3, 0.4) is 0 Å². The van der Waals surface area contributed by atoms with Crippen molar-refractivity contribution in [1.29, 1.82) is 0 Å². The van der Waals surface area contributed by atoms with E-state index in [4.69, 9.17) is 4.74 Å². The molecule has 3 nitrogen and oxygen atoms in total. The molecule has 20 heavy (non-hydrogen) atoms. The van der Waals surface area contributed by atoms with Crippen molar-refractivity contribution in [3.05, 3.63) is 36.4 Å². The number of carboxylic acids is 1. The smallest absolute Gasteiger partial charge is 0.345 e. The molecule has 0 spiro atoms. The molecule has 1 aromatic rings. The van der Waals surface area contributed by atoms with Crippen molar-refractivity contribution in [3.8, 4) is 5.75 Å². The number of benzene rings is 1. The Kier molecular flexibility index (Phi) is 4.48. The SMILES string of the molecule is C=Cc1ccc(OC(C(=O)O)C2(C)CCCCC2)cc1. The fraction of sp³-hybridized carbons (Fsp3) is 0.471. The zero-order chi connectivity index (χ0) is 14.6. The van der Waals surface area contributed by atoms with Gasteiger partial charge in [0.15, 0.2) is 0 Å². The third kappa shape index (κ3) is 3.21. The minimum absolute atomic E-state index is 0.277. The van der Waals surface area contributed by atoms with E-state index in [1.807, 2.05) is 19.1 Å². The molecule has 3 heteroatoms. The predicted molar refractivity (Wildman–Crippen MR) is 79.8 cm³/mol. The molecule has 1 unspecified atom stereocenters. The Labute approximate surface area is 120 Å². The van der Waals surface area contributed by atoms with Crippen LogP contribution in [0.25, 0.3) is 6.08 Å². The van der Waals surface area contributed by atoms with Gasteiger partial charge in [0, 0.05) is 5.41 Å². The van der Waals surface area contributed by atoms with Gasteiger partial charge < -0.3 is 9.84 Å². The first-order valence-corrected chi connectivity index (χ1v) is 7.17. The predicted octanol–water partition coefficient (Wildman–Crippen LogP) is 4.13. The summed E-state index contributed by atoms with van der Waals surface area (Å²) in [6, 6.07) is 7.37. The Balaban J connectivity index is 2.16. The van der Waals surface area contributed by atoms with E-state index in [9.17, 15) is 9.90 Å². The summed E-state index contributed by atoms with van der Waals surface area (Å²) in [4.78, 5) is 11.6. The van der Waals surface area contributed by atoms with Crippen LogP contribution in [0.4, 0.5) is 0 Å². The highest BCUT2D eigenvalue weighted by Gasteiger charge is 2.41. The first-order chi connectivity index (χ1) is 9.55. The molecule has 0 bridgehead atoms. The lowest BCUT2D eigenvalue weighted by atomic mass is 9.71. The number of rotatable bonds is 5. The molecule has 0 saturated heterocycles. The topological polar surface area (TPSA) is 46.5 Å². The number of aliphatic carboxylic acids is 1. The Morgan fingerprint density at radius 1 is 1.30 bits per heavy atom. The van der Waals surface area contributed by atoms with Crippen LogP contribution in [0.1, 0.15) is 44.6 Å². The van der Waals surface area contributed by atoms with E-state index in [0.717, 1.165) is 31.2 Å². The molecule has 1 aromatic carbocycles. The molecule has 0 aromatic heterocycles. The largest absolute Gasteiger partial charge is 0.478 e. The highest BCUT2D eigenvalue weighted by Crippen LogP contribution is 2.40. The van der Waals surface area contributed by atoms with E-state index in [2.05, 4.69) is 6.58 Å². The maximum absolute atomic E-state index is 11.6. The Morgan fingerprint density at radius 3 is 2.40 bits per heavy atom. The fourth-order valence-corrected chi connectivity index (χ4v) is 2.93. The summed E-state index contributed by atoms with van der Waals surface area (Å²) in [5.41, 5.74) is 0.717. The molecule has 1 saturated carbocycles. The highest BCUT2D eigenvalue weighted by atomic mass is 16.5. The van der Waals surface area contributed by atoms with Crippen molar-refractivity contribution in [2.24, 2.45) is 5.41 Å². The third-order valence-electron chi connectivity index (χ3n) is 4.22. The van der Waals surface area contributed by atoms with E-state index in [0.29, 0.717) is 5.75 Å². The zero-order valence-electron chi connectivity index (χ0n) is 12.0. The number of carboxylic acid groups (broad SMARTS) is 1. The molecular weight excluding hydrogens is 252 g/mol. The summed E-state index contributed by atoms with van der Waals surface area (Å²) in [7, 11) is 0. The molecule has 1 atom stereocenters. The molecule has 0 radical (unpaired) electrons. The quantitative estimate of drug-likeness (QED) is 0.878. The lowest BCUT2D eigenvalue weighted by Crippen LogP contribution is -2.44. The molecule has 0 aliphatic heterocycles. The second-order valence-corrected chi connectivity index (χ2v) is 5.82. The number of hydrogen-bond donors (Lipinski definition) is 1. The van der Waals surface area contributed by atoms with Gasteiger partial charge in [-0.1, -0.05) is 51.0 Å². The van der Waals surface area contributed by atoms with Gasteiger partial charge in [-0.3, -0.25) is 0 Å². The Morgan fingerprint density at radius 2 is 1.90 bits per heavy atom. The summed E-state index contributed by atoms with van der Waals surface area (Å²) in [6.07, 6.45) is 6.15.